The van der Waals surface area contributed by atoms with Crippen molar-refractivity contribution in [3.63, 3.8) is 0 Å². The van der Waals surface area contributed by atoms with Crippen LogP contribution in [0.5, 0.6) is 11.5 Å². The average molecular weight is 521 g/mol. The molecule has 0 radical (unpaired) electrons. The van der Waals surface area contributed by atoms with Gasteiger partial charge in [-0.25, -0.2) is 0 Å². The lowest BCUT2D eigenvalue weighted by Gasteiger charge is -2.26. The number of carbonyl (C=O) groups is 1. The summed E-state index contributed by atoms with van der Waals surface area (Å²) in [6.45, 7) is 10.5. The first-order valence-corrected chi connectivity index (χ1v) is 13.7. The Morgan fingerprint density at radius 3 is 2.42 bits per heavy atom. The van der Waals surface area contributed by atoms with E-state index in [0.29, 0.717) is 47.8 Å². The minimum Gasteiger partial charge on any atom is -0.490 e. The molecule has 0 saturated carbocycles. The van der Waals surface area contributed by atoms with Crippen LogP contribution in [0.15, 0.2) is 39.5 Å². The molecule has 7 nitrogen and oxygen atoms in total. The van der Waals surface area contributed by atoms with E-state index in [9.17, 15) is 9.59 Å². The number of unbranched alkanes of at least 4 members (excludes halogenated alkanes) is 2. The van der Waals surface area contributed by atoms with Crippen LogP contribution in [0, 0.1) is 13.8 Å². The Balaban J connectivity index is 1.82. The third-order valence-corrected chi connectivity index (χ3v) is 7.18. The summed E-state index contributed by atoms with van der Waals surface area (Å²) in [5.74, 6) is 1.18. The summed E-state index contributed by atoms with van der Waals surface area (Å²) < 4.78 is 18.1. The molecule has 1 unspecified atom stereocenters. The van der Waals surface area contributed by atoms with Gasteiger partial charge in [0.1, 0.15) is 5.58 Å². The molecule has 7 heteroatoms. The Kier molecular flexibility index (Phi) is 8.77. The molecule has 2 heterocycles. The van der Waals surface area contributed by atoms with Gasteiger partial charge in [0, 0.05) is 6.54 Å². The van der Waals surface area contributed by atoms with Gasteiger partial charge in [-0.1, -0.05) is 25.8 Å². The fourth-order valence-electron chi connectivity index (χ4n) is 5.03. The maximum absolute atomic E-state index is 13.9. The lowest BCUT2D eigenvalue weighted by Crippen LogP contribution is -2.32. The van der Waals surface area contributed by atoms with E-state index in [0.717, 1.165) is 48.9 Å². The Bertz CT molecular complexity index is 1360. The van der Waals surface area contributed by atoms with E-state index in [1.165, 1.54) is 0 Å². The van der Waals surface area contributed by atoms with Gasteiger partial charge in [0.2, 0.25) is 5.76 Å². The monoisotopic (exact) mass is 520 g/mol. The summed E-state index contributed by atoms with van der Waals surface area (Å²) in [5.41, 5.74) is 3.52. The van der Waals surface area contributed by atoms with E-state index in [2.05, 4.69) is 11.8 Å². The third-order valence-electron chi connectivity index (χ3n) is 7.18. The number of benzene rings is 2. The van der Waals surface area contributed by atoms with Crippen LogP contribution in [0.4, 0.5) is 0 Å². The van der Waals surface area contributed by atoms with E-state index < -0.39 is 6.04 Å². The molecule has 3 aromatic rings. The summed E-state index contributed by atoms with van der Waals surface area (Å²) in [6, 6.07) is 8.90. The van der Waals surface area contributed by atoms with Crippen molar-refractivity contribution in [2.45, 2.75) is 59.4 Å². The van der Waals surface area contributed by atoms with Crippen molar-refractivity contribution in [3.05, 3.63) is 68.6 Å². The topological polar surface area (TPSA) is 72.2 Å². The molecule has 4 rings (SSSR count). The molecule has 0 N–H and O–H groups in total. The van der Waals surface area contributed by atoms with E-state index in [-0.39, 0.29) is 17.1 Å². The zero-order valence-corrected chi connectivity index (χ0v) is 23.6. The van der Waals surface area contributed by atoms with Crippen LogP contribution in [0.25, 0.3) is 11.0 Å². The number of fused-ring (bicyclic) bond motifs is 2. The van der Waals surface area contributed by atoms with Crippen LogP contribution >= 0.6 is 0 Å². The predicted octanol–water partition coefficient (Wildman–Crippen LogP) is 5.87. The Morgan fingerprint density at radius 2 is 1.71 bits per heavy atom. The van der Waals surface area contributed by atoms with Gasteiger partial charge in [-0.2, -0.15) is 0 Å². The Hall–Kier alpha value is -3.32. The summed E-state index contributed by atoms with van der Waals surface area (Å²) in [5, 5.41) is 0.501. The van der Waals surface area contributed by atoms with Gasteiger partial charge in [-0.3, -0.25) is 9.59 Å². The smallest absolute Gasteiger partial charge is 0.290 e. The molecular formula is C31H40N2O5. The van der Waals surface area contributed by atoms with Gasteiger partial charge in [0.05, 0.1) is 30.2 Å². The van der Waals surface area contributed by atoms with Crippen molar-refractivity contribution >= 4 is 16.9 Å². The number of rotatable bonds is 12. The van der Waals surface area contributed by atoms with Crippen molar-refractivity contribution in [2.75, 3.05) is 40.4 Å². The highest BCUT2D eigenvalue weighted by Gasteiger charge is 2.42. The predicted molar refractivity (Wildman–Crippen MR) is 151 cm³/mol. The van der Waals surface area contributed by atoms with Gasteiger partial charge in [-0.05, 0) is 95.2 Å². The maximum Gasteiger partial charge on any atom is 0.290 e. The second-order valence-electron chi connectivity index (χ2n) is 10.4. The molecule has 38 heavy (non-hydrogen) atoms. The zero-order valence-electron chi connectivity index (χ0n) is 23.6. The Morgan fingerprint density at radius 1 is 0.947 bits per heavy atom. The molecule has 2 aromatic carbocycles. The van der Waals surface area contributed by atoms with Gasteiger partial charge in [0.25, 0.3) is 5.91 Å². The average Bonchev–Trinajstić information content (AvgIpc) is 3.15. The number of aryl methyl sites for hydroxylation is 2. The fraction of sp³-hybridized carbons (Fsp3) is 0.484. The lowest BCUT2D eigenvalue weighted by molar-refractivity contribution is 0.0722. The number of carbonyl (C=O) groups excluding carboxylic acids is 1. The van der Waals surface area contributed by atoms with E-state index in [1.54, 1.807) is 4.90 Å². The molecule has 0 aliphatic carbocycles. The highest BCUT2D eigenvalue weighted by atomic mass is 16.5. The highest BCUT2D eigenvalue weighted by molar-refractivity contribution is 5.99. The molecule has 1 atom stereocenters. The van der Waals surface area contributed by atoms with E-state index >= 15 is 0 Å². The minimum atomic E-state index is -0.560. The molecule has 1 aliphatic heterocycles. The summed E-state index contributed by atoms with van der Waals surface area (Å²) in [7, 11) is 4.02. The lowest BCUT2D eigenvalue weighted by atomic mass is 9.97. The maximum atomic E-state index is 13.9. The molecule has 1 aromatic heterocycles. The van der Waals surface area contributed by atoms with E-state index in [4.69, 9.17) is 13.9 Å². The molecule has 1 amide bonds. The minimum absolute atomic E-state index is 0.137. The third kappa shape index (κ3) is 5.58. The zero-order chi connectivity index (χ0) is 27.4. The van der Waals surface area contributed by atoms with Crippen LogP contribution in [-0.2, 0) is 0 Å². The molecule has 0 fully saturated rings. The first-order chi connectivity index (χ1) is 18.3. The van der Waals surface area contributed by atoms with Crippen LogP contribution in [0.2, 0.25) is 0 Å². The van der Waals surface area contributed by atoms with Crippen molar-refractivity contribution in [1.82, 2.24) is 9.80 Å². The molecule has 0 saturated heterocycles. The summed E-state index contributed by atoms with van der Waals surface area (Å²) in [6.07, 6.45) is 3.97. The number of nitrogens with zero attached hydrogens (tertiary/aromatic N) is 2. The first kappa shape index (κ1) is 27.7. The number of ether oxygens (including phenoxy) is 2. The first-order valence-electron chi connectivity index (χ1n) is 13.7. The SMILES string of the molecule is CCCCCOc1ccc(C2c3c(oc4cc(C)c(C)cc4c3=O)C(=O)N2CCCN(C)C)cc1OCC. The molecule has 0 spiro atoms. The second kappa shape index (κ2) is 12.0. The standard InChI is InChI=1S/C31H40N2O5/c1-7-9-10-16-37-24-13-12-22(19-26(24)36-8-2)28-27-29(34)23-17-20(3)21(4)18-25(23)38-30(27)31(35)33(28)15-11-14-32(5)6/h12-13,17-19,28H,7-11,14-16H2,1-6H3. The molecule has 204 valence electrons. The largest absolute Gasteiger partial charge is 0.490 e. The van der Waals surface area contributed by atoms with Crippen molar-refractivity contribution in [2.24, 2.45) is 0 Å². The Labute approximate surface area is 225 Å². The fourth-order valence-corrected chi connectivity index (χ4v) is 5.03. The van der Waals surface area contributed by atoms with Crippen molar-refractivity contribution in [3.8, 4) is 11.5 Å². The van der Waals surface area contributed by atoms with Crippen LogP contribution in [-0.4, -0.2) is 56.1 Å². The highest BCUT2D eigenvalue weighted by Crippen LogP contribution is 2.41. The normalized spacial score (nSPS) is 15.0. The number of amides is 1. The second-order valence-corrected chi connectivity index (χ2v) is 10.4. The summed E-state index contributed by atoms with van der Waals surface area (Å²) >= 11 is 0. The van der Waals surface area contributed by atoms with Gasteiger partial charge in [-0.15, -0.1) is 0 Å². The molecule has 0 bridgehead atoms. The molecular weight excluding hydrogens is 480 g/mol. The summed E-state index contributed by atoms with van der Waals surface area (Å²) in [4.78, 5) is 31.5. The van der Waals surface area contributed by atoms with Gasteiger partial charge < -0.3 is 23.7 Å². The van der Waals surface area contributed by atoms with E-state index in [1.807, 2.05) is 65.2 Å². The quantitative estimate of drug-likeness (QED) is 0.278. The van der Waals surface area contributed by atoms with Crippen molar-refractivity contribution < 1.29 is 18.7 Å². The van der Waals surface area contributed by atoms with Crippen LogP contribution < -0.4 is 14.9 Å². The van der Waals surface area contributed by atoms with Crippen LogP contribution in [0.3, 0.4) is 0 Å². The van der Waals surface area contributed by atoms with Crippen LogP contribution in [0.1, 0.15) is 78.4 Å². The molecule has 1 aliphatic rings. The number of hydrogen-bond donors (Lipinski definition) is 0. The van der Waals surface area contributed by atoms with Gasteiger partial charge >= 0.3 is 0 Å². The van der Waals surface area contributed by atoms with Crippen molar-refractivity contribution in [1.29, 1.82) is 0 Å². The number of hydrogen-bond acceptors (Lipinski definition) is 6. The van der Waals surface area contributed by atoms with Gasteiger partial charge in [0.15, 0.2) is 16.9 Å².